The lowest BCUT2D eigenvalue weighted by molar-refractivity contribution is 0.0696. The molecule has 0 aliphatic rings. The first-order chi connectivity index (χ1) is 8.90. The number of aryl methyl sites for hydroxylation is 1. The molecule has 0 aliphatic heterocycles. The maximum absolute atomic E-state index is 12.6. The number of halogens is 3. The van der Waals surface area contributed by atoms with Gasteiger partial charge in [0.25, 0.3) is 6.43 Å². The number of aromatic carboxylic acids is 1. The highest BCUT2D eigenvalue weighted by atomic mass is 79.9. The van der Waals surface area contributed by atoms with E-state index >= 15 is 0 Å². The summed E-state index contributed by atoms with van der Waals surface area (Å²) in [5, 5.41) is 12.6. The van der Waals surface area contributed by atoms with Crippen LogP contribution in [0.4, 0.5) is 8.78 Å². The second-order valence-electron chi connectivity index (χ2n) is 3.91. The standard InChI is InChI=1S/C12H9BrF2N2O2/c1-6-4-7(12(18)19)2-3-9(6)17-5-8(13)10(16-17)11(14)15/h2-5,11H,1H3,(H,18,19). The smallest absolute Gasteiger partial charge is 0.335 e. The first-order valence-corrected chi connectivity index (χ1v) is 6.07. The number of benzene rings is 1. The predicted molar refractivity (Wildman–Crippen MR) is 67.9 cm³/mol. The fourth-order valence-electron chi connectivity index (χ4n) is 1.68. The van der Waals surface area contributed by atoms with Crippen molar-refractivity contribution in [3.05, 3.63) is 45.7 Å². The lowest BCUT2D eigenvalue weighted by Gasteiger charge is -2.06. The van der Waals surface area contributed by atoms with Crippen molar-refractivity contribution in [2.45, 2.75) is 13.3 Å². The summed E-state index contributed by atoms with van der Waals surface area (Å²) in [5.74, 6) is -1.04. The first-order valence-electron chi connectivity index (χ1n) is 5.27. The normalized spacial score (nSPS) is 11.0. The number of carbonyl (C=O) groups is 1. The molecule has 2 rings (SSSR count). The van der Waals surface area contributed by atoms with Gasteiger partial charge in [-0.25, -0.2) is 18.3 Å². The molecular formula is C12H9BrF2N2O2. The van der Waals surface area contributed by atoms with E-state index in [4.69, 9.17) is 5.11 Å². The largest absolute Gasteiger partial charge is 0.478 e. The summed E-state index contributed by atoms with van der Waals surface area (Å²) in [6.07, 6.45) is -1.25. The molecule has 2 aromatic rings. The molecule has 1 aromatic heterocycles. The molecule has 0 fully saturated rings. The van der Waals surface area contributed by atoms with Crippen molar-refractivity contribution in [1.29, 1.82) is 0 Å². The molecule has 1 heterocycles. The third kappa shape index (κ3) is 2.65. The van der Waals surface area contributed by atoms with Gasteiger partial charge in [0.15, 0.2) is 0 Å². The molecule has 0 aliphatic carbocycles. The van der Waals surface area contributed by atoms with Crippen LogP contribution in [0.15, 0.2) is 28.9 Å². The van der Waals surface area contributed by atoms with Gasteiger partial charge >= 0.3 is 5.97 Å². The SMILES string of the molecule is Cc1cc(C(=O)O)ccc1-n1cc(Br)c(C(F)F)n1. The highest BCUT2D eigenvalue weighted by Gasteiger charge is 2.18. The van der Waals surface area contributed by atoms with Gasteiger partial charge in [-0.05, 0) is 46.6 Å². The van der Waals surface area contributed by atoms with Crippen molar-refractivity contribution in [3.8, 4) is 5.69 Å². The third-order valence-electron chi connectivity index (χ3n) is 2.59. The van der Waals surface area contributed by atoms with Gasteiger partial charge in [-0.15, -0.1) is 0 Å². The van der Waals surface area contributed by atoms with E-state index in [0.29, 0.717) is 11.3 Å². The molecule has 0 bridgehead atoms. The Balaban J connectivity index is 2.48. The van der Waals surface area contributed by atoms with Crippen LogP contribution in [-0.2, 0) is 0 Å². The van der Waals surface area contributed by atoms with Crippen molar-refractivity contribution in [2.75, 3.05) is 0 Å². The van der Waals surface area contributed by atoms with Crippen LogP contribution in [-0.4, -0.2) is 20.9 Å². The number of alkyl halides is 2. The summed E-state index contributed by atoms with van der Waals surface area (Å²) >= 11 is 3.02. The van der Waals surface area contributed by atoms with Crippen LogP contribution >= 0.6 is 15.9 Å². The summed E-state index contributed by atoms with van der Waals surface area (Å²) in [4.78, 5) is 10.8. The van der Waals surface area contributed by atoms with Gasteiger partial charge in [0.2, 0.25) is 0 Å². The van der Waals surface area contributed by atoms with Gasteiger partial charge in [-0.1, -0.05) is 0 Å². The molecule has 1 N–H and O–H groups in total. The van der Waals surface area contributed by atoms with Crippen molar-refractivity contribution >= 4 is 21.9 Å². The van der Waals surface area contributed by atoms with E-state index in [1.807, 2.05) is 0 Å². The zero-order valence-corrected chi connectivity index (χ0v) is 11.4. The topological polar surface area (TPSA) is 55.1 Å². The van der Waals surface area contributed by atoms with Gasteiger partial charge in [0.05, 0.1) is 15.7 Å². The number of nitrogens with zero attached hydrogens (tertiary/aromatic N) is 2. The van der Waals surface area contributed by atoms with Gasteiger partial charge in [-0.3, -0.25) is 0 Å². The Bertz CT molecular complexity index is 641. The van der Waals surface area contributed by atoms with E-state index in [2.05, 4.69) is 21.0 Å². The molecule has 4 nitrogen and oxygen atoms in total. The highest BCUT2D eigenvalue weighted by Crippen LogP contribution is 2.27. The zero-order valence-electron chi connectivity index (χ0n) is 9.77. The number of aromatic nitrogens is 2. The lowest BCUT2D eigenvalue weighted by Crippen LogP contribution is -2.02. The van der Waals surface area contributed by atoms with Gasteiger partial charge < -0.3 is 5.11 Å². The molecule has 0 spiro atoms. The van der Waals surface area contributed by atoms with E-state index in [9.17, 15) is 13.6 Å². The number of carboxylic acids is 1. The summed E-state index contributed by atoms with van der Waals surface area (Å²) in [7, 11) is 0. The molecular weight excluding hydrogens is 322 g/mol. The van der Waals surface area contributed by atoms with E-state index in [1.165, 1.54) is 29.1 Å². The number of carboxylic acid groups (broad SMARTS) is 1. The monoisotopic (exact) mass is 330 g/mol. The molecule has 100 valence electrons. The van der Waals surface area contributed by atoms with Crippen LogP contribution < -0.4 is 0 Å². The van der Waals surface area contributed by atoms with E-state index < -0.39 is 12.4 Å². The molecule has 0 unspecified atom stereocenters. The lowest BCUT2D eigenvalue weighted by atomic mass is 10.1. The Morgan fingerprint density at radius 3 is 2.63 bits per heavy atom. The van der Waals surface area contributed by atoms with Gasteiger partial charge in [0.1, 0.15) is 5.69 Å². The van der Waals surface area contributed by atoms with Crippen LogP contribution in [0, 0.1) is 6.92 Å². The Morgan fingerprint density at radius 1 is 1.47 bits per heavy atom. The molecule has 19 heavy (non-hydrogen) atoms. The second-order valence-corrected chi connectivity index (χ2v) is 4.77. The van der Waals surface area contributed by atoms with Crippen molar-refractivity contribution in [1.82, 2.24) is 9.78 Å². The molecule has 0 atom stereocenters. The molecule has 0 radical (unpaired) electrons. The fraction of sp³-hybridized carbons (Fsp3) is 0.167. The van der Waals surface area contributed by atoms with Crippen LogP contribution in [0.3, 0.4) is 0 Å². The van der Waals surface area contributed by atoms with Gasteiger partial charge in [-0.2, -0.15) is 5.10 Å². The zero-order chi connectivity index (χ0) is 14.2. The highest BCUT2D eigenvalue weighted by molar-refractivity contribution is 9.10. The Morgan fingerprint density at radius 2 is 2.16 bits per heavy atom. The van der Waals surface area contributed by atoms with E-state index in [-0.39, 0.29) is 15.7 Å². The molecule has 1 aromatic carbocycles. The van der Waals surface area contributed by atoms with Crippen LogP contribution in [0.5, 0.6) is 0 Å². The van der Waals surface area contributed by atoms with Crippen molar-refractivity contribution in [3.63, 3.8) is 0 Å². The number of hydrogen-bond acceptors (Lipinski definition) is 2. The van der Waals surface area contributed by atoms with Crippen LogP contribution in [0.25, 0.3) is 5.69 Å². The molecule has 0 saturated heterocycles. The summed E-state index contributed by atoms with van der Waals surface area (Å²) in [6.45, 7) is 1.69. The Kier molecular flexibility index (Phi) is 3.66. The van der Waals surface area contributed by atoms with Crippen molar-refractivity contribution in [2.24, 2.45) is 0 Å². The minimum absolute atomic E-state index is 0.140. The number of hydrogen-bond donors (Lipinski definition) is 1. The quantitative estimate of drug-likeness (QED) is 0.935. The molecule has 0 saturated carbocycles. The van der Waals surface area contributed by atoms with Crippen LogP contribution in [0.1, 0.15) is 28.0 Å². The van der Waals surface area contributed by atoms with Gasteiger partial charge in [0, 0.05) is 6.20 Å². The summed E-state index contributed by atoms with van der Waals surface area (Å²) in [6, 6.07) is 4.41. The van der Waals surface area contributed by atoms with E-state index in [1.54, 1.807) is 6.92 Å². The fourth-order valence-corrected chi connectivity index (χ4v) is 2.13. The van der Waals surface area contributed by atoms with Crippen LogP contribution in [0.2, 0.25) is 0 Å². The maximum atomic E-state index is 12.6. The Labute approximate surface area is 115 Å². The average Bonchev–Trinajstić information content (AvgIpc) is 2.71. The average molecular weight is 331 g/mol. The van der Waals surface area contributed by atoms with E-state index in [0.717, 1.165) is 0 Å². The summed E-state index contributed by atoms with van der Waals surface area (Å²) < 4.78 is 26.8. The maximum Gasteiger partial charge on any atom is 0.335 e. The van der Waals surface area contributed by atoms with Crippen molar-refractivity contribution < 1.29 is 18.7 Å². The minimum Gasteiger partial charge on any atom is -0.478 e. The molecule has 7 heteroatoms. The third-order valence-corrected chi connectivity index (χ3v) is 3.20. The molecule has 0 amide bonds. The Hall–Kier alpha value is -1.76. The second kappa shape index (κ2) is 5.08. The minimum atomic E-state index is -2.67. The first kappa shape index (κ1) is 13.7. The summed E-state index contributed by atoms with van der Waals surface area (Å²) in [5.41, 5.74) is 0.983. The predicted octanol–water partition coefficient (Wildman–Crippen LogP) is 3.58. The number of rotatable bonds is 3.